The third kappa shape index (κ3) is 2.54. The summed E-state index contributed by atoms with van der Waals surface area (Å²) in [6.45, 7) is 0.291. The first-order chi connectivity index (χ1) is 6.84. The summed E-state index contributed by atoms with van der Waals surface area (Å²) in [5.74, 6) is 0. The molecule has 2 rings (SSSR count). The molecule has 0 amide bonds. The molecule has 1 fully saturated rings. The quantitative estimate of drug-likeness (QED) is 0.788. The molecule has 0 aromatic heterocycles. The first-order valence-electron chi connectivity index (χ1n) is 4.83. The first-order valence-corrected chi connectivity index (χ1v) is 4.83. The Kier molecular flexibility index (Phi) is 3.14. The van der Waals surface area contributed by atoms with Crippen molar-refractivity contribution in [2.24, 2.45) is 0 Å². The molecule has 0 aliphatic carbocycles. The van der Waals surface area contributed by atoms with Gasteiger partial charge < -0.3 is 14.6 Å². The lowest BCUT2D eigenvalue weighted by Gasteiger charge is -2.08. The number of aliphatic hydroxyl groups is 1. The van der Waals surface area contributed by atoms with Crippen LogP contribution >= 0.6 is 0 Å². The number of benzene rings is 1. The topological polar surface area (TPSA) is 38.7 Å². The van der Waals surface area contributed by atoms with Gasteiger partial charge in [0.2, 0.25) is 0 Å². The van der Waals surface area contributed by atoms with Gasteiger partial charge in [0.15, 0.2) is 12.6 Å². The second-order valence-electron chi connectivity index (χ2n) is 3.38. The Bertz CT molecular complexity index is 273. The van der Waals surface area contributed by atoms with E-state index in [0.29, 0.717) is 6.61 Å². The Morgan fingerprint density at radius 3 is 2.71 bits per heavy atom. The minimum absolute atomic E-state index is 0.245. The number of aliphatic hydroxyl groups excluding tert-OH is 1. The van der Waals surface area contributed by atoms with Crippen molar-refractivity contribution in [2.75, 3.05) is 6.61 Å². The summed E-state index contributed by atoms with van der Waals surface area (Å²) in [5.41, 5.74) is 1.26. The predicted molar refractivity (Wildman–Crippen MR) is 51.6 cm³/mol. The number of rotatable bonds is 3. The van der Waals surface area contributed by atoms with Crippen LogP contribution in [0.25, 0.3) is 0 Å². The summed E-state index contributed by atoms with van der Waals surface area (Å²) in [4.78, 5) is 0. The number of ether oxygens (including phenoxy) is 2. The normalized spacial score (nSPS) is 26.6. The lowest BCUT2D eigenvalue weighted by molar-refractivity contribution is -0.116. The van der Waals surface area contributed by atoms with E-state index in [0.717, 1.165) is 12.8 Å². The van der Waals surface area contributed by atoms with Crippen molar-refractivity contribution < 1.29 is 14.6 Å². The summed E-state index contributed by atoms with van der Waals surface area (Å²) < 4.78 is 10.3. The van der Waals surface area contributed by atoms with E-state index in [1.165, 1.54) is 5.56 Å². The molecule has 0 spiro atoms. The van der Waals surface area contributed by atoms with Gasteiger partial charge in [-0.05, 0) is 12.0 Å². The summed E-state index contributed by atoms with van der Waals surface area (Å²) >= 11 is 0. The van der Waals surface area contributed by atoms with E-state index < -0.39 is 6.29 Å². The first kappa shape index (κ1) is 9.65. The molecule has 1 aromatic rings. The summed E-state index contributed by atoms with van der Waals surface area (Å²) in [6.07, 6.45) is 0.722. The molecule has 3 nitrogen and oxygen atoms in total. The molecule has 0 bridgehead atoms. The predicted octanol–water partition coefficient (Wildman–Crippen LogP) is 1.31. The zero-order valence-electron chi connectivity index (χ0n) is 7.93. The van der Waals surface area contributed by atoms with Gasteiger partial charge in [0, 0.05) is 6.42 Å². The number of hydrogen-bond acceptors (Lipinski definition) is 3. The van der Waals surface area contributed by atoms with Crippen LogP contribution in [0.3, 0.4) is 0 Å². The van der Waals surface area contributed by atoms with Crippen LogP contribution in [0.1, 0.15) is 12.0 Å². The van der Waals surface area contributed by atoms with E-state index in [1.807, 2.05) is 18.2 Å². The van der Waals surface area contributed by atoms with Gasteiger partial charge in [-0.3, -0.25) is 0 Å². The van der Waals surface area contributed by atoms with Gasteiger partial charge in [0.1, 0.15) is 6.61 Å². The molecule has 2 atom stereocenters. The van der Waals surface area contributed by atoms with Crippen LogP contribution in [0.4, 0.5) is 0 Å². The van der Waals surface area contributed by atoms with Crippen LogP contribution in [0, 0.1) is 0 Å². The van der Waals surface area contributed by atoms with Gasteiger partial charge in [0.05, 0.1) is 0 Å². The van der Waals surface area contributed by atoms with E-state index in [2.05, 4.69) is 12.1 Å². The maximum Gasteiger partial charge on any atom is 0.181 e. The molecule has 1 heterocycles. The zero-order valence-corrected chi connectivity index (χ0v) is 7.93. The fraction of sp³-hybridized carbons (Fsp3) is 0.455. The second-order valence-corrected chi connectivity index (χ2v) is 3.38. The molecule has 2 unspecified atom stereocenters. The van der Waals surface area contributed by atoms with Crippen LogP contribution in [-0.4, -0.2) is 24.3 Å². The van der Waals surface area contributed by atoms with Crippen LogP contribution in [0.15, 0.2) is 30.3 Å². The smallest absolute Gasteiger partial charge is 0.181 e. The zero-order chi connectivity index (χ0) is 9.80. The van der Waals surface area contributed by atoms with Gasteiger partial charge in [-0.2, -0.15) is 0 Å². The van der Waals surface area contributed by atoms with Crippen molar-refractivity contribution in [3.05, 3.63) is 35.9 Å². The molecule has 1 aliphatic rings. The highest BCUT2D eigenvalue weighted by atomic mass is 16.8. The van der Waals surface area contributed by atoms with Gasteiger partial charge >= 0.3 is 0 Å². The van der Waals surface area contributed by atoms with Crippen LogP contribution in [0.5, 0.6) is 0 Å². The van der Waals surface area contributed by atoms with Crippen LogP contribution < -0.4 is 0 Å². The average Bonchev–Trinajstić information content (AvgIpc) is 2.63. The van der Waals surface area contributed by atoms with Crippen molar-refractivity contribution in [1.82, 2.24) is 0 Å². The molecule has 1 N–H and O–H groups in total. The van der Waals surface area contributed by atoms with Gasteiger partial charge in [-0.15, -0.1) is 0 Å². The minimum atomic E-state index is -0.740. The monoisotopic (exact) mass is 194 g/mol. The highest BCUT2D eigenvalue weighted by Crippen LogP contribution is 2.15. The fourth-order valence-corrected chi connectivity index (χ4v) is 1.52. The molecule has 1 saturated heterocycles. The van der Waals surface area contributed by atoms with Crippen molar-refractivity contribution in [2.45, 2.75) is 25.4 Å². The molecule has 1 aromatic carbocycles. The maximum atomic E-state index is 9.05. The number of hydrogen-bond donors (Lipinski definition) is 1. The van der Waals surface area contributed by atoms with E-state index in [4.69, 9.17) is 14.6 Å². The Morgan fingerprint density at radius 2 is 2.07 bits per heavy atom. The molecule has 1 aliphatic heterocycles. The summed E-state index contributed by atoms with van der Waals surface area (Å²) in [7, 11) is 0. The molecular weight excluding hydrogens is 180 g/mol. The molecule has 3 heteroatoms. The standard InChI is InChI=1S/C11H14O3/c12-10-8-13-11(14-10)7-6-9-4-2-1-3-5-9/h1-5,10-12H,6-8H2. The Balaban J connectivity index is 1.78. The molecule has 0 radical (unpaired) electrons. The van der Waals surface area contributed by atoms with Crippen molar-refractivity contribution in [3.63, 3.8) is 0 Å². The van der Waals surface area contributed by atoms with Crippen LogP contribution in [0.2, 0.25) is 0 Å². The SMILES string of the molecule is OC1COC(CCc2ccccc2)O1. The van der Waals surface area contributed by atoms with E-state index in [9.17, 15) is 0 Å². The Labute approximate surface area is 83.3 Å². The average molecular weight is 194 g/mol. The second kappa shape index (κ2) is 4.55. The largest absolute Gasteiger partial charge is 0.366 e. The number of aryl methyl sites for hydroxylation is 1. The van der Waals surface area contributed by atoms with E-state index in [-0.39, 0.29) is 6.29 Å². The van der Waals surface area contributed by atoms with Crippen molar-refractivity contribution in [1.29, 1.82) is 0 Å². The molecule has 76 valence electrons. The van der Waals surface area contributed by atoms with Crippen molar-refractivity contribution >= 4 is 0 Å². The highest BCUT2D eigenvalue weighted by molar-refractivity contribution is 5.14. The van der Waals surface area contributed by atoms with Gasteiger partial charge in [-0.25, -0.2) is 0 Å². The fourth-order valence-electron chi connectivity index (χ4n) is 1.52. The Hall–Kier alpha value is -0.900. The van der Waals surface area contributed by atoms with Gasteiger partial charge in [-0.1, -0.05) is 30.3 Å². The Morgan fingerprint density at radius 1 is 1.29 bits per heavy atom. The van der Waals surface area contributed by atoms with Crippen LogP contribution in [-0.2, 0) is 15.9 Å². The van der Waals surface area contributed by atoms with E-state index in [1.54, 1.807) is 0 Å². The van der Waals surface area contributed by atoms with Gasteiger partial charge in [0.25, 0.3) is 0 Å². The summed E-state index contributed by atoms with van der Waals surface area (Å²) in [6, 6.07) is 10.2. The minimum Gasteiger partial charge on any atom is -0.366 e. The lowest BCUT2D eigenvalue weighted by atomic mass is 10.1. The molecular formula is C11H14O3. The lowest BCUT2D eigenvalue weighted by Crippen LogP contribution is -2.11. The third-order valence-electron chi connectivity index (χ3n) is 2.25. The van der Waals surface area contributed by atoms with E-state index >= 15 is 0 Å². The summed E-state index contributed by atoms with van der Waals surface area (Å²) in [5, 5.41) is 9.05. The van der Waals surface area contributed by atoms with Crippen molar-refractivity contribution in [3.8, 4) is 0 Å². The molecule has 0 saturated carbocycles. The molecule has 14 heavy (non-hydrogen) atoms. The maximum absolute atomic E-state index is 9.05. The third-order valence-corrected chi connectivity index (χ3v) is 2.25. The highest BCUT2D eigenvalue weighted by Gasteiger charge is 2.23.